The van der Waals surface area contributed by atoms with Crippen LogP contribution in [0.2, 0.25) is 0 Å². The molecule has 2 heterocycles. The summed E-state index contributed by atoms with van der Waals surface area (Å²) in [6, 6.07) is 10.3. The number of benzene rings is 1. The number of thiophene rings is 1. The maximum atomic E-state index is 5.90. The molecule has 2 aromatic rings. The second kappa shape index (κ2) is 9.48. The first-order chi connectivity index (χ1) is 12.8. The lowest BCUT2D eigenvalue weighted by molar-refractivity contribution is 0.296. The molecular weight excluding hydrogens is 346 g/mol. The molecule has 0 atom stereocenters. The summed E-state index contributed by atoms with van der Waals surface area (Å²) in [5, 5.41) is 5.51. The van der Waals surface area contributed by atoms with Gasteiger partial charge in [0, 0.05) is 37.0 Å². The number of ether oxygens (including phenoxy) is 2. The number of fused-ring (bicyclic) bond motifs is 1. The normalized spacial score (nSPS) is 14.0. The molecule has 3 rings (SSSR count). The Labute approximate surface area is 159 Å². The van der Waals surface area contributed by atoms with Gasteiger partial charge in [-0.25, -0.2) is 4.99 Å². The lowest BCUT2D eigenvalue weighted by Gasteiger charge is -2.22. The Balaban J connectivity index is 1.69. The van der Waals surface area contributed by atoms with Gasteiger partial charge in [0.2, 0.25) is 0 Å². The van der Waals surface area contributed by atoms with Crippen molar-refractivity contribution in [2.75, 3.05) is 33.4 Å². The third kappa shape index (κ3) is 4.91. The van der Waals surface area contributed by atoms with E-state index in [9.17, 15) is 0 Å². The molecule has 0 unspecified atom stereocenters. The molecule has 0 fully saturated rings. The smallest absolute Gasteiger partial charge is 0.193 e. The Morgan fingerprint density at radius 1 is 1.23 bits per heavy atom. The van der Waals surface area contributed by atoms with Crippen molar-refractivity contribution in [3.8, 4) is 11.5 Å². The van der Waals surface area contributed by atoms with Gasteiger partial charge >= 0.3 is 0 Å². The molecule has 0 saturated carbocycles. The van der Waals surface area contributed by atoms with Gasteiger partial charge in [-0.05, 0) is 30.9 Å². The van der Waals surface area contributed by atoms with Gasteiger partial charge < -0.3 is 19.7 Å². The fraction of sp³-hybridized carbons (Fsp3) is 0.450. The van der Waals surface area contributed by atoms with Gasteiger partial charge in [0.15, 0.2) is 17.5 Å². The van der Waals surface area contributed by atoms with Crippen LogP contribution >= 0.6 is 11.3 Å². The first-order valence-electron chi connectivity index (χ1n) is 9.17. The van der Waals surface area contributed by atoms with E-state index in [1.54, 1.807) is 11.3 Å². The fourth-order valence-corrected chi connectivity index (χ4v) is 3.55. The summed E-state index contributed by atoms with van der Waals surface area (Å²) in [4.78, 5) is 8.40. The molecule has 0 bridgehead atoms. The van der Waals surface area contributed by atoms with E-state index < -0.39 is 0 Å². The van der Waals surface area contributed by atoms with Crippen LogP contribution in [0.15, 0.2) is 40.7 Å². The molecule has 1 aromatic carbocycles. The van der Waals surface area contributed by atoms with E-state index >= 15 is 0 Å². The Morgan fingerprint density at radius 3 is 2.92 bits per heavy atom. The number of aliphatic imine (C=N–C) groups is 1. The minimum atomic E-state index is 0.568. The van der Waals surface area contributed by atoms with E-state index in [2.05, 4.69) is 47.8 Å². The van der Waals surface area contributed by atoms with Crippen LogP contribution in [-0.2, 0) is 13.0 Å². The van der Waals surface area contributed by atoms with Crippen molar-refractivity contribution < 1.29 is 9.47 Å². The minimum absolute atomic E-state index is 0.568. The summed E-state index contributed by atoms with van der Waals surface area (Å²) in [7, 11) is 2.08. The summed E-state index contributed by atoms with van der Waals surface area (Å²) in [6.07, 6.45) is 1.93. The van der Waals surface area contributed by atoms with Gasteiger partial charge in [-0.3, -0.25) is 0 Å². The third-order valence-corrected chi connectivity index (χ3v) is 5.16. The highest BCUT2D eigenvalue weighted by Gasteiger charge is 2.14. The Hall–Kier alpha value is -2.21. The summed E-state index contributed by atoms with van der Waals surface area (Å²) in [6.45, 7) is 5.82. The minimum Gasteiger partial charge on any atom is -0.490 e. The Morgan fingerprint density at radius 2 is 2.12 bits per heavy atom. The molecular formula is C20H27N3O2S. The summed E-state index contributed by atoms with van der Waals surface area (Å²) < 4.78 is 11.7. The van der Waals surface area contributed by atoms with E-state index in [0.717, 1.165) is 49.0 Å². The van der Waals surface area contributed by atoms with Crippen molar-refractivity contribution in [3.63, 3.8) is 0 Å². The molecule has 0 saturated heterocycles. The van der Waals surface area contributed by atoms with E-state index in [0.29, 0.717) is 19.8 Å². The SMILES string of the molecule is CCNC(=NCc1cccc2c1OCCCO2)N(C)CCc1cccs1. The zero-order valence-corrected chi connectivity index (χ0v) is 16.3. The number of nitrogens with one attached hydrogen (secondary N) is 1. The van der Waals surface area contributed by atoms with Crippen LogP contribution in [0.3, 0.4) is 0 Å². The van der Waals surface area contributed by atoms with Crippen LogP contribution in [-0.4, -0.2) is 44.2 Å². The molecule has 0 aliphatic carbocycles. The topological polar surface area (TPSA) is 46.1 Å². The van der Waals surface area contributed by atoms with Crippen molar-refractivity contribution >= 4 is 17.3 Å². The highest BCUT2D eigenvalue weighted by atomic mass is 32.1. The van der Waals surface area contributed by atoms with Gasteiger partial charge in [0.25, 0.3) is 0 Å². The predicted octanol–water partition coefficient (Wildman–Crippen LogP) is 3.55. The highest BCUT2D eigenvalue weighted by Crippen LogP contribution is 2.33. The number of rotatable bonds is 6. The number of para-hydroxylation sites is 1. The van der Waals surface area contributed by atoms with Crippen molar-refractivity contribution in [3.05, 3.63) is 46.2 Å². The Kier molecular flexibility index (Phi) is 6.77. The van der Waals surface area contributed by atoms with Gasteiger partial charge in [-0.2, -0.15) is 0 Å². The lowest BCUT2D eigenvalue weighted by Crippen LogP contribution is -2.39. The van der Waals surface area contributed by atoms with E-state index in [1.165, 1.54) is 4.88 Å². The monoisotopic (exact) mass is 373 g/mol. The Bertz CT molecular complexity index is 716. The maximum absolute atomic E-state index is 5.90. The zero-order valence-electron chi connectivity index (χ0n) is 15.5. The second-order valence-corrected chi connectivity index (χ2v) is 7.25. The standard InChI is InChI=1S/C20H27N3O2S/c1-3-21-20(23(2)11-10-17-8-5-14-26-17)22-15-16-7-4-9-18-19(16)25-13-6-12-24-18/h4-5,7-9,14H,3,6,10-13,15H2,1-2H3,(H,21,22). The lowest BCUT2D eigenvalue weighted by atomic mass is 10.2. The summed E-state index contributed by atoms with van der Waals surface area (Å²) in [5.74, 6) is 2.58. The summed E-state index contributed by atoms with van der Waals surface area (Å²) in [5.41, 5.74) is 1.06. The molecule has 1 aromatic heterocycles. The van der Waals surface area contributed by atoms with Crippen molar-refractivity contribution in [1.29, 1.82) is 0 Å². The zero-order chi connectivity index (χ0) is 18.2. The van der Waals surface area contributed by atoms with Gasteiger partial charge in [0.05, 0.1) is 19.8 Å². The predicted molar refractivity (Wildman–Crippen MR) is 108 cm³/mol. The molecule has 6 heteroatoms. The molecule has 1 N–H and O–H groups in total. The van der Waals surface area contributed by atoms with Crippen molar-refractivity contribution in [2.45, 2.75) is 26.3 Å². The number of likely N-dealkylation sites (N-methyl/N-ethyl adjacent to an activating group) is 1. The molecule has 1 aliphatic heterocycles. The van der Waals surface area contributed by atoms with Gasteiger partial charge in [-0.15, -0.1) is 11.3 Å². The van der Waals surface area contributed by atoms with Crippen LogP contribution in [0.5, 0.6) is 11.5 Å². The van der Waals surface area contributed by atoms with Crippen LogP contribution in [0, 0.1) is 0 Å². The van der Waals surface area contributed by atoms with E-state index in [1.807, 2.05) is 12.1 Å². The molecule has 0 radical (unpaired) electrons. The molecule has 140 valence electrons. The number of nitrogens with zero attached hydrogens (tertiary/aromatic N) is 2. The van der Waals surface area contributed by atoms with E-state index in [4.69, 9.17) is 14.5 Å². The first-order valence-corrected chi connectivity index (χ1v) is 10.0. The number of hydrogen-bond acceptors (Lipinski definition) is 4. The molecule has 0 spiro atoms. The average Bonchev–Trinajstić information content (AvgIpc) is 3.06. The third-order valence-electron chi connectivity index (χ3n) is 4.22. The first kappa shape index (κ1) is 18.6. The van der Waals surface area contributed by atoms with Crippen LogP contribution in [0.1, 0.15) is 23.8 Å². The fourth-order valence-electron chi connectivity index (χ4n) is 2.85. The van der Waals surface area contributed by atoms with Crippen molar-refractivity contribution in [1.82, 2.24) is 10.2 Å². The largest absolute Gasteiger partial charge is 0.490 e. The van der Waals surface area contributed by atoms with Crippen LogP contribution in [0.25, 0.3) is 0 Å². The van der Waals surface area contributed by atoms with E-state index in [-0.39, 0.29) is 0 Å². The maximum Gasteiger partial charge on any atom is 0.193 e. The van der Waals surface area contributed by atoms with Crippen molar-refractivity contribution in [2.24, 2.45) is 4.99 Å². The highest BCUT2D eigenvalue weighted by molar-refractivity contribution is 7.09. The number of guanidine groups is 1. The molecule has 26 heavy (non-hydrogen) atoms. The van der Waals surface area contributed by atoms with Crippen LogP contribution in [0.4, 0.5) is 0 Å². The second-order valence-electron chi connectivity index (χ2n) is 6.22. The summed E-state index contributed by atoms with van der Waals surface area (Å²) >= 11 is 1.80. The molecule has 1 aliphatic rings. The van der Waals surface area contributed by atoms with Gasteiger partial charge in [-0.1, -0.05) is 18.2 Å². The average molecular weight is 374 g/mol. The quantitative estimate of drug-likeness (QED) is 0.621. The number of hydrogen-bond donors (Lipinski definition) is 1. The molecule has 0 amide bonds. The van der Waals surface area contributed by atoms with Gasteiger partial charge in [0.1, 0.15) is 0 Å². The molecule has 5 nitrogen and oxygen atoms in total. The van der Waals surface area contributed by atoms with Crippen LogP contribution < -0.4 is 14.8 Å².